The van der Waals surface area contributed by atoms with Gasteiger partial charge >= 0.3 is 6.09 Å². The summed E-state index contributed by atoms with van der Waals surface area (Å²) in [6.45, 7) is 13.3. The lowest BCUT2D eigenvalue weighted by Crippen LogP contribution is -2.37. The molecule has 25 heavy (non-hydrogen) atoms. The van der Waals surface area contributed by atoms with Gasteiger partial charge in [-0.05, 0) is 64.3 Å². The summed E-state index contributed by atoms with van der Waals surface area (Å²) in [6, 6.07) is 10.1. The fourth-order valence-electron chi connectivity index (χ4n) is 3.40. The van der Waals surface area contributed by atoms with Gasteiger partial charge in [0.25, 0.3) is 0 Å². The molecule has 1 aromatic heterocycles. The van der Waals surface area contributed by atoms with Gasteiger partial charge in [-0.2, -0.15) is 0 Å². The number of likely N-dealkylation sites (tertiary alicyclic amines) is 1. The van der Waals surface area contributed by atoms with Crippen LogP contribution in [0.15, 0.2) is 30.3 Å². The van der Waals surface area contributed by atoms with Crippen LogP contribution in [0.25, 0.3) is 10.9 Å². The van der Waals surface area contributed by atoms with Crippen molar-refractivity contribution in [2.75, 3.05) is 13.1 Å². The number of hydrogen-bond acceptors (Lipinski definition) is 3. The lowest BCUT2D eigenvalue weighted by molar-refractivity contribution is 0.0531. The van der Waals surface area contributed by atoms with Crippen molar-refractivity contribution in [3.63, 3.8) is 0 Å². The van der Waals surface area contributed by atoms with Gasteiger partial charge in [0.2, 0.25) is 0 Å². The molecule has 3 rings (SSSR count). The summed E-state index contributed by atoms with van der Waals surface area (Å²) in [7, 11) is 0. The van der Waals surface area contributed by atoms with Crippen molar-refractivity contribution >= 4 is 17.0 Å². The minimum Gasteiger partial charge on any atom is -0.443 e. The Morgan fingerprint density at radius 3 is 2.44 bits per heavy atom. The molecule has 136 valence electrons. The van der Waals surface area contributed by atoms with Gasteiger partial charge in [-0.15, -0.1) is 0 Å². The van der Waals surface area contributed by atoms with Crippen LogP contribution in [0.1, 0.15) is 53.2 Å². The molecule has 0 bridgehead atoms. The summed E-state index contributed by atoms with van der Waals surface area (Å²) in [5.41, 5.74) is 1.85. The molecule has 0 radical (unpaired) electrons. The normalized spacial score (nSPS) is 18.4. The van der Waals surface area contributed by atoms with Crippen molar-refractivity contribution in [3.8, 4) is 0 Å². The third-order valence-corrected chi connectivity index (χ3v) is 4.96. The fourth-order valence-corrected chi connectivity index (χ4v) is 3.40. The topological polar surface area (TPSA) is 34.5 Å². The maximum atomic E-state index is 12.8. The lowest BCUT2D eigenvalue weighted by Gasteiger charge is -2.37. The summed E-state index contributed by atoms with van der Waals surface area (Å²) in [5.74, 6) is 0. The highest BCUT2D eigenvalue weighted by molar-refractivity contribution is 5.91. The van der Waals surface area contributed by atoms with E-state index in [0.29, 0.717) is 5.41 Å². The first kappa shape index (κ1) is 18.0. The van der Waals surface area contributed by atoms with Crippen molar-refractivity contribution in [2.45, 2.75) is 59.6 Å². The minimum atomic E-state index is -0.505. The zero-order valence-corrected chi connectivity index (χ0v) is 16.1. The second kappa shape index (κ2) is 6.49. The molecule has 0 amide bonds. The minimum absolute atomic E-state index is 0.291. The molecule has 2 aromatic rings. The number of aromatic nitrogens is 1. The predicted octanol–water partition coefficient (Wildman–Crippen LogP) is 5.05. The predicted molar refractivity (Wildman–Crippen MR) is 102 cm³/mol. The van der Waals surface area contributed by atoms with E-state index in [-0.39, 0.29) is 6.09 Å². The zero-order valence-electron chi connectivity index (χ0n) is 16.1. The first-order valence-electron chi connectivity index (χ1n) is 9.20. The third kappa shape index (κ3) is 4.24. The molecule has 0 spiro atoms. The largest absolute Gasteiger partial charge is 0.443 e. The molecule has 0 saturated carbocycles. The molecule has 1 saturated heterocycles. The van der Waals surface area contributed by atoms with E-state index in [4.69, 9.17) is 4.74 Å². The molecular weight excluding hydrogens is 312 g/mol. The SMILES string of the molecule is CC1(C)CCN(Cc2cc3ccccc3n2C(=O)OC(C)(C)C)CC1. The van der Waals surface area contributed by atoms with Crippen molar-refractivity contribution < 1.29 is 9.53 Å². The monoisotopic (exact) mass is 342 g/mol. The highest BCUT2D eigenvalue weighted by Gasteiger charge is 2.27. The van der Waals surface area contributed by atoms with Crippen molar-refractivity contribution in [2.24, 2.45) is 5.41 Å². The number of carbonyl (C=O) groups is 1. The van der Waals surface area contributed by atoms with Gasteiger partial charge in [-0.3, -0.25) is 4.90 Å². The van der Waals surface area contributed by atoms with Crippen LogP contribution in [0.4, 0.5) is 4.79 Å². The standard InChI is InChI=1S/C21H30N2O2/c1-20(2,3)25-19(24)23-17(14-16-8-6-7-9-18(16)23)15-22-12-10-21(4,5)11-13-22/h6-9,14H,10-13,15H2,1-5H3. The van der Waals surface area contributed by atoms with Crippen molar-refractivity contribution in [3.05, 3.63) is 36.0 Å². The van der Waals surface area contributed by atoms with Crippen LogP contribution in [0.3, 0.4) is 0 Å². The Bertz CT molecular complexity index is 758. The maximum absolute atomic E-state index is 12.8. The van der Waals surface area contributed by atoms with E-state index in [1.54, 1.807) is 4.57 Å². The van der Waals surface area contributed by atoms with E-state index in [1.807, 2.05) is 39.0 Å². The van der Waals surface area contributed by atoms with Crippen molar-refractivity contribution in [1.29, 1.82) is 0 Å². The van der Waals surface area contributed by atoms with Crippen LogP contribution >= 0.6 is 0 Å². The van der Waals surface area contributed by atoms with E-state index >= 15 is 0 Å². The van der Waals surface area contributed by atoms with Crippen LogP contribution < -0.4 is 0 Å². The summed E-state index contributed by atoms with van der Waals surface area (Å²) in [5, 5.41) is 1.08. The number of fused-ring (bicyclic) bond motifs is 1. The molecule has 1 aromatic carbocycles. The average molecular weight is 342 g/mol. The number of hydrogen-bond donors (Lipinski definition) is 0. The maximum Gasteiger partial charge on any atom is 0.419 e. The smallest absolute Gasteiger partial charge is 0.419 e. The molecule has 0 unspecified atom stereocenters. The van der Waals surface area contributed by atoms with Crippen LogP contribution in [-0.4, -0.2) is 34.3 Å². The number of piperidine rings is 1. The van der Waals surface area contributed by atoms with Crippen LogP contribution in [0, 0.1) is 5.41 Å². The van der Waals surface area contributed by atoms with Crippen molar-refractivity contribution in [1.82, 2.24) is 9.47 Å². The van der Waals surface area contributed by atoms with Crippen LogP contribution in [0.2, 0.25) is 0 Å². The molecule has 0 atom stereocenters. The Kier molecular flexibility index (Phi) is 4.67. The molecule has 2 heterocycles. The Morgan fingerprint density at radius 2 is 1.80 bits per heavy atom. The van der Waals surface area contributed by atoms with E-state index in [9.17, 15) is 4.79 Å². The van der Waals surface area contributed by atoms with E-state index in [1.165, 1.54) is 12.8 Å². The molecule has 1 fully saturated rings. The van der Waals surface area contributed by atoms with Gasteiger partial charge in [-0.1, -0.05) is 32.0 Å². The molecular formula is C21H30N2O2. The van der Waals surface area contributed by atoms with Gasteiger partial charge in [0.15, 0.2) is 0 Å². The Balaban J connectivity index is 1.89. The fraction of sp³-hybridized carbons (Fsp3) is 0.571. The van der Waals surface area contributed by atoms with E-state index in [0.717, 1.165) is 36.2 Å². The summed E-state index contributed by atoms with van der Waals surface area (Å²) in [6.07, 6.45) is 2.10. The first-order chi connectivity index (χ1) is 11.6. The average Bonchev–Trinajstić information content (AvgIpc) is 2.85. The number of rotatable bonds is 2. The summed E-state index contributed by atoms with van der Waals surface area (Å²) >= 11 is 0. The Morgan fingerprint density at radius 1 is 1.16 bits per heavy atom. The number of para-hydroxylation sites is 1. The highest BCUT2D eigenvalue weighted by Crippen LogP contribution is 2.31. The molecule has 0 aliphatic carbocycles. The second-order valence-corrected chi connectivity index (χ2v) is 8.95. The lowest BCUT2D eigenvalue weighted by atomic mass is 9.83. The Labute approximate surface area is 150 Å². The van der Waals surface area contributed by atoms with Crippen LogP contribution in [-0.2, 0) is 11.3 Å². The van der Waals surface area contributed by atoms with Gasteiger partial charge in [0.1, 0.15) is 5.60 Å². The molecule has 4 heteroatoms. The zero-order chi connectivity index (χ0) is 18.2. The molecule has 1 aliphatic rings. The molecule has 0 N–H and O–H groups in total. The molecule has 1 aliphatic heterocycles. The summed E-state index contributed by atoms with van der Waals surface area (Å²) in [4.78, 5) is 15.3. The number of ether oxygens (including phenoxy) is 1. The first-order valence-corrected chi connectivity index (χ1v) is 9.20. The van der Waals surface area contributed by atoms with Gasteiger partial charge in [0, 0.05) is 17.6 Å². The van der Waals surface area contributed by atoms with Gasteiger partial charge < -0.3 is 4.74 Å². The quantitative estimate of drug-likeness (QED) is 0.766. The van der Waals surface area contributed by atoms with Gasteiger partial charge in [0.05, 0.1) is 5.52 Å². The Hall–Kier alpha value is -1.81. The summed E-state index contributed by atoms with van der Waals surface area (Å²) < 4.78 is 7.41. The number of nitrogens with zero attached hydrogens (tertiary/aromatic N) is 2. The van der Waals surface area contributed by atoms with Gasteiger partial charge in [-0.25, -0.2) is 9.36 Å². The molecule has 4 nitrogen and oxygen atoms in total. The van der Waals surface area contributed by atoms with E-state index < -0.39 is 5.60 Å². The van der Waals surface area contributed by atoms with Crippen LogP contribution in [0.5, 0.6) is 0 Å². The van der Waals surface area contributed by atoms with E-state index in [2.05, 4.69) is 30.9 Å². The second-order valence-electron chi connectivity index (χ2n) is 8.95. The highest BCUT2D eigenvalue weighted by atomic mass is 16.6. The third-order valence-electron chi connectivity index (χ3n) is 4.96. The number of benzene rings is 1. The number of carbonyl (C=O) groups excluding carboxylic acids is 1.